The summed E-state index contributed by atoms with van der Waals surface area (Å²) in [6.45, 7) is 3.43. The second-order valence-electron chi connectivity index (χ2n) is 7.92. The highest BCUT2D eigenvalue weighted by molar-refractivity contribution is 6.07. The van der Waals surface area contributed by atoms with Gasteiger partial charge in [-0.3, -0.25) is 4.79 Å². The lowest BCUT2D eigenvalue weighted by Gasteiger charge is -2.30. The van der Waals surface area contributed by atoms with Crippen LogP contribution < -0.4 is 0 Å². The molecule has 0 bridgehead atoms. The smallest absolute Gasteiger partial charge is 0.254 e. The average Bonchev–Trinajstić information content (AvgIpc) is 3.29. The van der Waals surface area contributed by atoms with Crippen LogP contribution in [0.5, 0.6) is 0 Å². The van der Waals surface area contributed by atoms with Crippen molar-refractivity contribution >= 4 is 16.7 Å². The van der Waals surface area contributed by atoms with Crippen molar-refractivity contribution in [3.8, 4) is 11.4 Å². The van der Waals surface area contributed by atoms with E-state index in [2.05, 4.69) is 16.2 Å². The van der Waals surface area contributed by atoms with Gasteiger partial charge in [-0.15, -0.1) is 0 Å². The molecule has 3 aromatic carbocycles. The number of carbonyl (C=O) groups is 1. The Kier molecular flexibility index (Phi) is 4.79. The lowest BCUT2D eigenvalue weighted by Crippen LogP contribution is -2.38. The largest absolute Gasteiger partial charge is 0.339 e. The van der Waals surface area contributed by atoms with E-state index in [1.807, 2.05) is 72.5 Å². The molecule has 0 saturated carbocycles. The molecule has 0 radical (unpaired) electrons. The molecular weight excluding hydrogens is 374 g/mol. The van der Waals surface area contributed by atoms with Crippen molar-refractivity contribution in [2.75, 3.05) is 13.1 Å². The monoisotopic (exact) mass is 397 g/mol. The maximum atomic E-state index is 13.2. The first-order valence-electron chi connectivity index (χ1n) is 10.4. The van der Waals surface area contributed by atoms with Gasteiger partial charge in [0.05, 0.1) is 0 Å². The molecule has 2 heterocycles. The summed E-state index contributed by atoms with van der Waals surface area (Å²) in [5.74, 6) is 1.58. The predicted molar refractivity (Wildman–Crippen MR) is 116 cm³/mol. The lowest BCUT2D eigenvalue weighted by atomic mass is 9.95. The van der Waals surface area contributed by atoms with Crippen LogP contribution in [0.3, 0.4) is 0 Å². The predicted octanol–water partition coefficient (Wildman–Crippen LogP) is 5.22. The standard InChI is InChI=1S/C25H23N3O2/c1-17-6-4-9-20(16-17)23-26-24(30-27-23)19-12-14-28(15-13-19)25(29)22-11-5-8-18-7-2-3-10-21(18)22/h2-11,16,19H,12-15H2,1H3. The van der Waals surface area contributed by atoms with Crippen molar-refractivity contribution in [1.29, 1.82) is 0 Å². The van der Waals surface area contributed by atoms with E-state index in [9.17, 15) is 4.79 Å². The summed E-state index contributed by atoms with van der Waals surface area (Å²) in [7, 11) is 0. The summed E-state index contributed by atoms with van der Waals surface area (Å²) in [6, 6.07) is 22.0. The fraction of sp³-hybridized carbons (Fsp3) is 0.240. The van der Waals surface area contributed by atoms with Crippen molar-refractivity contribution in [1.82, 2.24) is 15.0 Å². The molecule has 1 aliphatic heterocycles. The van der Waals surface area contributed by atoms with Crippen LogP contribution in [-0.2, 0) is 0 Å². The zero-order valence-electron chi connectivity index (χ0n) is 16.9. The van der Waals surface area contributed by atoms with E-state index >= 15 is 0 Å². The molecule has 1 aliphatic rings. The summed E-state index contributed by atoms with van der Waals surface area (Å²) in [6.07, 6.45) is 1.65. The highest BCUT2D eigenvalue weighted by Crippen LogP contribution is 2.30. The number of piperidine rings is 1. The van der Waals surface area contributed by atoms with Gasteiger partial charge >= 0.3 is 0 Å². The van der Waals surface area contributed by atoms with Crippen LogP contribution >= 0.6 is 0 Å². The molecule has 0 N–H and O–H groups in total. The Hall–Kier alpha value is -3.47. The van der Waals surface area contributed by atoms with Gasteiger partial charge < -0.3 is 9.42 Å². The molecule has 5 heteroatoms. The Morgan fingerprint density at radius 1 is 1.00 bits per heavy atom. The molecule has 5 nitrogen and oxygen atoms in total. The van der Waals surface area contributed by atoms with Crippen molar-refractivity contribution in [2.45, 2.75) is 25.7 Å². The van der Waals surface area contributed by atoms with Crippen molar-refractivity contribution in [3.05, 3.63) is 83.7 Å². The van der Waals surface area contributed by atoms with E-state index in [0.717, 1.165) is 34.7 Å². The van der Waals surface area contributed by atoms with Gasteiger partial charge in [-0.05, 0) is 42.7 Å². The number of likely N-dealkylation sites (tertiary alicyclic amines) is 1. The molecule has 5 rings (SSSR count). The van der Waals surface area contributed by atoms with E-state index in [1.165, 1.54) is 5.56 Å². The Balaban J connectivity index is 1.29. The summed E-state index contributed by atoms with van der Waals surface area (Å²) >= 11 is 0. The average molecular weight is 397 g/mol. The second kappa shape index (κ2) is 7.75. The number of rotatable bonds is 3. The molecule has 1 saturated heterocycles. The summed E-state index contributed by atoms with van der Waals surface area (Å²) < 4.78 is 5.57. The van der Waals surface area contributed by atoms with E-state index < -0.39 is 0 Å². The zero-order valence-corrected chi connectivity index (χ0v) is 16.9. The third kappa shape index (κ3) is 3.47. The van der Waals surface area contributed by atoms with Gasteiger partial charge in [0, 0.05) is 30.1 Å². The normalized spacial score (nSPS) is 14.9. The van der Waals surface area contributed by atoms with Gasteiger partial charge in [0.15, 0.2) is 0 Å². The minimum atomic E-state index is 0.0937. The van der Waals surface area contributed by atoms with E-state index in [0.29, 0.717) is 24.8 Å². The quantitative estimate of drug-likeness (QED) is 0.476. The molecule has 1 fully saturated rings. The van der Waals surface area contributed by atoms with E-state index in [-0.39, 0.29) is 11.8 Å². The minimum absolute atomic E-state index is 0.0937. The molecule has 0 aliphatic carbocycles. The Labute approximate surface area is 175 Å². The molecule has 0 atom stereocenters. The Bertz CT molecular complexity index is 1200. The van der Waals surface area contributed by atoms with Gasteiger partial charge in [-0.1, -0.05) is 65.3 Å². The van der Waals surface area contributed by atoms with Crippen LogP contribution in [0.1, 0.15) is 40.6 Å². The third-order valence-electron chi connectivity index (χ3n) is 5.87. The van der Waals surface area contributed by atoms with Gasteiger partial charge in [0.25, 0.3) is 5.91 Å². The maximum Gasteiger partial charge on any atom is 0.254 e. The van der Waals surface area contributed by atoms with Crippen LogP contribution in [0.25, 0.3) is 22.2 Å². The number of nitrogens with zero attached hydrogens (tertiary/aromatic N) is 3. The minimum Gasteiger partial charge on any atom is -0.339 e. The van der Waals surface area contributed by atoms with E-state index in [4.69, 9.17) is 4.52 Å². The van der Waals surface area contributed by atoms with Crippen molar-refractivity contribution in [2.24, 2.45) is 0 Å². The number of fused-ring (bicyclic) bond motifs is 1. The SMILES string of the molecule is Cc1cccc(-c2noc(C3CCN(C(=O)c4cccc5ccccc45)CC3)n2)c1. The van der Waals surface area contributed by atoms with E-state index in [1.54, 1.807) is 0 Å². The van der Waals surface area contributed by atoms with Crippen LogP contribution in [0.15, 0.2) is 71.3 Å². The summed E-state index contributed by atoms with van der Waals surface area (Å²) in [5.41, 5.74) is 2.90. The molecule has 150 valence electrons. The first-order chi connectivity index (χ1) is 14.7. The first-order valence-corrected chi connectivity index (χ1v) is 10.4. The van der Waals surface area contributed by atoms with Crippen molar-refractivity contribution < 1.29 is 9.32 Å². The Morgan fingerprint density at radius 2 is 1.77 bits per heavy atom. The van der Waals surface area contributed by atoms with Crippen LogP contribution in [0.4, 0.5) is 0 Å². The lowest BCUT2D eigenvalue weighted by molar-refractivity contribution is 0.0706. The van der Waals surface area contributed by atoms with Crippen LogP contribution in [-0.4, -0.2) is 34.0 Å². The summed E-state index contributed by atoms with van der Waals surface area (Å²) in [4.78, 5) is 19.7. The molecule has 30 heavy (non-hydrogen) atoms. The highest BCUT2D eigenvalue weighted by Gasteiger charge is 2.28. The number of carbonyl (C=O) groups excluding carboxylic acids is 1. The molecule has 0 spiro atoms. The topological polar surface area (TPSA) is 59.2 Å². The highest BCUT2D eigenvalue weighted by atomic mass is 16.5. The van der Waals surface area contributed by atoms with Gasteiger partial charge in [0.1, 0.15) is 0 Å². The fourth-order valence-corrected chi connectivity index (χ4v) is 4.21. The van der Waals surface area contributed by atoms with Crippen LogP contribution in [0, 0.1) is 6.92 Å². The number of aryl methyl sites for hydroxylation is 1. The second-order valence-corrected chi connectivity index (χ2v) is 7.92. The number of aromatic nitrogens is 2. The number of benzene rings is 3. The molecule has 1 aromatic heterocycles. The maximum absolute atomic E-state index is 13.2. The number of hydrogen-bond donors (Lipinski definition) is 0. The fourth-order valence-electron chi connectivity index (χ4n) is 4.21. The van der Waals surface area contributed by atoms with Gasteiger partial charge in [-0.25, -0.2) is 0 Å². The summed E-state index contributed by atoms with van der Waals surface area (Å²) in [5, 5.41) is 6.27. The molecule has 1 amide bonds. The Morgan fingerprint density at radius 3 is 2.60 bits per heavy atom. The van der Waals surface area contributed by atoms with Crippen LogP contribution in [0.2, 0.25) is 0 Å². The third-order valence-corrected chi connectivity index (χ3v) is 5.87. The van der Waals surface area contributed by atoms with Gasteiger partial charge in [-0.2, -0.15) is 4.98 Å². The first kappa shape index (κ1) is 18.6. The molecule has 0 unspecified atom stereocenters. The molecule has 4 aromatic rings. The van der Waals surface area contributed by atoms with Gasteiger partial charge in [0.2, 0.25) is 11.7 Å². The van der Waals surface area contributed by atoms with Crippen molar-refractivity contribution in [3.63, 3.8) is 0 Å². The number of hydrogen-bond acceptors (Lipinski definition) is 4. The number of amides is 1. The zero-order chi connectivity index (χ0) is 20.5. The molecular formula is C25H23N3O2.